The van der Waals surface area contributed by atoms with Crippen LogP contribution >= 0.6 is 0 Å². The van der Waals surface area contributed by atoms with Crippen molar-refractivity contribution in [1.29, 1.82) is 0 Å². The molecule has 6 heteroatoms. The number of hydrogen-bond acceptors (Lipinski definition) is 4. The summed E-state index contributed by atoms with van der Waals surface area (Å²) in [6.07, 6.45) is 0. The number of aliphatic imine (C=N–C) groups is 1. The molecule has 0 heterocycles. The van der Waals surface area contributed by atoms with Crippen molar-refractivity contribution in [2.24, 2.45) is 10.7 Å². The molecule has 0 aliphatic rings. The maximum Gasteiger partial charge on any atom is 0.189 e. The van der Waals surface area contributed by atoms with Crippen LogP contribution in [0.5, 0.6) is 17.2 Å². The summed E-state index contributed by atoms with van der Waals surface area (Å²) >= 11 is 0. The maximum absolute atomic E-state index is 5.77. The van der Waals surface area contributed by atoms with Crippen LogP contribution in [0, 0.1) is 0 Å². The number of guanidine groups is 1. The molecule has 0 amide bonds. The molecule has 1 rings (SSSR count). The Balaban J connectivity index is 2.51. The van der Waals surface area contributed by atoms with Crippen LogP contribution in [0.1, 0.15) is 20.8 Å². The van der Waals surface area contributed by atoms with Gasteiger partial charge in [-0.15, -0.1) is 0 Å². The summed E-state index contributed by atoms with van der Waals surface area (Å²) in [4.78, 5) is 4.21. The lowest BCUT2D eigenvalue weighted by atomic mass is 10.1. The SMILES string of the molecule is COc1cc(OC)cc(OCCN=C(N)NC(C)(C)C)c1. The van der Waals surface area contributed by atoms with E-state index in [0.717, 1.165) is 0 Å². The van der Waals surface area contributed by atoms with Crippen LogP contribution < -0.4 is 25.3 Å². The average Bonchev–Trinajstić information content (AvgIpc) is 2.41. The Morgan fingerprint density at radius 1 is 1.10 bits per heavy atom. The second-order valence-electron chi connectivity index (χ2n) is 5.54. The molecule has 0 saturated heterocycles. The van der Waals surface area contributed by atoms with Gasteiger partial charge in [0.05, 0.1) is 20.8 Å². The Morgan fingerprint density at radius 3 is 2.10 bits per heavy atom. The highest BCUT2D eigenvalue weighted by molar-refractivity contribution is 5.78. The molecule has 0 atom stereocenters. The normalized spacial score (nSPS) is 12.0. The molecular formula is C15H25N3O3. The predicted molar refractivity (Wildman–Crippen MR) is 84.4 cm³/mol. The summed E-state index contributed by atoms with van der Waals surface area (Å²) in [7, 11) is 3.20. The first kappa shape index (κ1) is 16.9. The molecule has 0 saturated carbocycles. The number of nitrogens with two attached hydrogens (primary N) is 1. The monoisotopic (exact) mass is 295 g/mol. The molecule has 0 radical (unpaired) electrons. The van der Waals surface area contributed by atoms with Gasteiger partial charge in [0.2, 0.25) is 0 Å². The van der Waals surface area contributed by atoms with E-state index in [-0.39, 0.29) is 5.54 Å². The van der Waals surface area contributed by atoms with Crippen molar-refractivity contribution < 1.29 is 14.2 Å². The van der Waals surface area contributed by atoms with Crippen LogP contribution in [-0.2, 0) is 0 Å². The number of methoxy groups -OCH3 is 2. The first-order valence-corrected chi connectivity index (χ1v) is 6.78. The fourth-order valence-electron chi connectivity index (χ4n) is 1.62. The molecule has 1 aromatic rings. The zero-order chi connectivity index (χ0) is 15.9. The van der Waals surface area contributed by atoms with Crippen LogP contribution in [0.15, 0.2) is 23.2 Å². The number of nitrogens with zero attached hydrogens (tertiary/aromatic N) is 1. The lowest BCUT2D eigenvalue weighted by Crippen LogP contribution is -2.45. The molecule has 21 heavy (non-hydrogen) atoms. The molecule has 6 nitrogen and oxygen atoms in total. The van der Waals surface area contributed by atoms with Crippen molar-refractivity contribution in [1.82, 2.24) is 5.32 Å². The summed E-state index contributed by atoms with van der Waals surface area (Å²) in [5.41, 5.74) is 5.67. The van der Waals surface area contributed by atoms with Crippen LogP contribution in [0.2, 0.25) is 0 Å². The van der Waals surface area contributed by atoms with Gasteiger partial charge >= 0.3 is 0 Å². The Morgan fingerprint density at radius 2 is 1.62 bits per heavy atom. The standard InChI is InChI=1S/C15H25N3O3/c1-15(2,3)18-14(16)17-6-7-21-13-9-11(19-4)8-12(10-13)20-5/h8-10H,6-7H2,1-5H3,(H3,16,17,18). The van der Waals surface area contributed by atoms with Gasteiger partial charge in [-0.3, -0.25) is 0 Å². The number of ether oxygens (including phenoxy) is 3. The largest absolute Gasteiger partial charge is 0.496 e. The fourth-order valence-corrected chi connectivity index (χ4v) is 1.62. The Labute approximate surface area is 126 Å². The van der Waals surface area contributed by atoms with Crippen LogP contribution in [0.3, 0.4) is 0 Å². The van der Waals surface area contributed by atoms with Gasteiger partial charge in [0, 0.05) is 23.7 Å². The van der Waals surface area contributed by atoms with Gasteiger partial charge in [-0.25, -0.2) is 4.99 Å². The number of nitrogens with one attached hydrogen (secondary N) is 1. The maximum atomic E-state index is 5.77. The zero-order valence-corrected chi connectivity index (χ0v) is 13.4. The number of benzene rings is 1. The summed E-state index contributed by atoms with van der Waals surface area (Å²) in [5.74, 6) is 2.45. The van der Waals surface area contributed by atoms with Gasteiger partial charge in [0.15, 0.2) is 5.96 Å². The van der Waals surface area contributed by atoms with E-state index in [0.29, 0.717) is 36.4 Å². The van der Waals surface area contributed by atoms with E-state index in [4.69, 9.17) is 19.9 Å². The fraction of sp³-hybridized carbons (Fsp3) is 0.533. The van der Waals surface area contributed by atoms with Gasteiger partial charge in [-0.2, -0.15) is 0 Å². The van der Waals surface area contributed by atoms with E-state index in [1.54, 1.807) is 32.4 Å². The summed E-state index contributed by atoms with van der Waals surface area (Å²) < 4.78 is 16.0. The van der Waals surface area contributed by atoms with Crippen LogP contribution in [-0.4, -0.2) is 38.9 Å². The Kier molecular flexibility index (Phi) is 6.14. The van der Waals surface area contributed by atoms with Crippen LogP contribution in [0.4, 0.5) is 0 Å². The van der Waals surface area contributed by atoms with E-state index < -0.39 is 0 Å². The number of hydrogen-bond donors (Lipinski definition) is 2. The second kappa shape index (κ2) is 7.61. The van der Waals surface area contributed by atoms with E-state index in [9.17, 15) is 0 Å². The second-order valence-corrected chi connectivity index (χ2v) is 5.54. The number of rotatable bonds is 6. The third-order valence-corrected chi connectivity index (χ3v) is 2.47. The van der Waals surface area contributed by atoms with Gasteiger partial charge in [-0.1, -0.05) is 0 Å². The van der Waals surface area contributed by atoms with Crippen LogP contribution in [0.25, 0.3) is 0 Å². The lowest BCUT2D eigenvalue weighted by molar-refractivity contribution is 0.320. The third kappa shape index (κ3) is 6.74. The highest BCUT2D eigenvalue weighted by Gasteiger charge is 2.09. The molecule has 3 N–H and O–H groups in total. The van der Waals surface area contributed by atoms with Crippen molar-refractivity contribution in [3.8, 4) is 17.2 Å². The lowest BCUT2D eigenvalue weighted by Gasteiger charge is -2.21. The minimum Gasteiger partial charge on any atom is -0.496 e. The Hall–Kier alpha value is -2.11. The third-order valence-electron chi connectivity index (χ3n) is 2.47. The molecule has 0 aliphatic heterocycles. The van der Waals surface area contributed by atoms with Gasteiger partial charge in [0.25, 0.3) is 0 Å². The van der Waals surface area contributed by atoms with Crippen molar-refractivity contribution in [2.45, 2.75) is 26.3 Å². The van der Waals surface area contributed by atoms with E-state index in [1.807, 2.05) is 20.8 Å². The first-order valence-electron chi connectivity index (χ1n) is 6.78. The van der Waals surface area contributed by atoms with E-state index in [2.05, 4.69) is 10.3 Å². The van der Waals surface area contributed by atoms with Gasteiger partial charge in [0.1, 0.15) is 23.9 Å². The molecule has 0 bridgehead atoms. The zero-order valence-electron chi connectivity index (χ0n) is 13.4. The van der Waals surface area contributed by atoms with Crippen molar-refractivity contribution in [3.63, 3.8) is 0 Å². The molecular weight excluding hydrogens is 270 g/mol. The minimum absolute atomic E-state index is 0.103. The first-order chi connectivity index (χ1) is 9.84. The highest BCUT2D eigenvalue weighted by Crippen LogP contribution is 2.27. The summed E-state index contributed by atoms with van der Waals surface area (Å²) in [5, 5.41) is 3.09. The van der Waals surface area contributed by atoms with Gasteiger partial charge < -0.3 is 25.3 Å². The predicted octanol–water partition coefficient (Wildman–Crippen LogP) is 1.79. The molecule has 0 fully saturated rings. The Bertz CT molecular complexity index is 459. The molecule has 0 spiro atoms. The quantitative estimate of drug-likeness (QED) is 0.475. The highest BCUT2D eigenvalue weighted by atomic mass is 16.5. The van der Waals surface area contributed by atoms with Crippen molar-refractivity contribution in [3.05, 3.63) is 18.2 Å². The molecule has 0 aromatic heterocycles. The smallest absolute Gasteiger partial charge is 0.189 e. The minimum atomic E-state index is -0.103. The molecule has 1 aromatic carbocycles. The average molecular weight is 295 g/mol. The molecule has 118 valence electrons. The topological polar surface area (TPSA) is 78.1 Å². The van der Waals surface area contributed by atoms with Crippen molar-refractivity contribution >= 4 is 5.96 Å². The summed E-state index contributed by atoms with van der Waals surface area (Å²) in [6, 6.07) is 5.38. The molecule has 0 unspecified atom stereocenters. The molecule has 0 aliphatic carbocycles. The van der Waals surface area contributed by atoms with E-state index in [1.165, 1.54) is 0 Å². The van der Waals surface area contributed by atoms with E-state index >= 15 is 0 Å². The summed E-state index contributed by atoms with van der Waals surface area (Å²) in [6.45, 7) is 6.95. The van der Waals surface area contributed by atoms with Crippen molar-refractivity contribution in [2.75, 3.05) is 27.4 Å². The van der Waals surface area contributed by atoms with Gasteiger partial charge in [-0.05, 0) is 20.8 Å².